The van der Waals surface area contributed by atoms with Crippen molar-refractivity contribution in [2.24, 2.45) is 0 Å². The molecular weight excluding hydrogens is 260 g/mol. The molecule has 0 atom stereocenters. The second kappa shape index (κ2) is 5.83. The van der Waals surface area contributed by atoms with Crippen LogP contribution in [-0.2, 0) is 0 Å². The summed E-state index contributed by atoms with van der Waals surface area (Å²) in [4.78, 5) is 22.1. The molecule has 102 valence electrons. The van der Waals surface area contributed by atoms with Crippen LogP contribution in [0.25, 0.3) is 0 Å². The highest BCUT2D eigenvalue weighted by molar-refractivity contribution is 6.05. The summed E-state index contributed by atoms with van der Waals surface area (Å²) in [6, 6.07) is 12.4. The summed E-state index contributed by atoms with van der Waals surface area (Å²) in [5, 5.41) is 13.2. The number of nitro benzene ring substituents is 1. The normalized spacial score (nSPS) is 9.85. The molecule has 1 N–H and O–H groups in total. The van der Waals surface area contributed by atoms with Crippen LogP contribution in [-0.4, -0.2) is 17.9 Å². The minimum atomic E-state index is -0.512. The minimum absolute atomic E-state index is 0.0566. The van der Waals surface area contributed by atoms with Gasteiger partial charge in [-0.2, -0.15) is 0 Å². The molecule has 0 fully saturated rings. The molecule has 0 heterocycles. The average molecular weight is 272 g/mol. The topological polar surface area (TPSA) is 81.5 Å². The third kappa shape index (κ3) is 2.92. The Bertz CT molecular complexity index is 638. The monoisotopic (exact) mass is 272 g/mol. The van der Waals surface area contributed by atoms with E-state index in [-0.39, 0.29) is 11.6 Å². The van der Waals surface area contributed by atoms with E-state index in [1.54, 1.807) is 24.3 Å². The molecule has 2 rings (SSSR count). The standard InChI is InChI=1S/C14H12N2O4/c1-20-13-5-3-2-4-12(13)15-14(17)10-6-8-11(9-7-10)16(18)19/h2-9H,1H3,(H,15,17). The lowest BCUT2D eigenvalue weighted by atomic mass is 10.2. The van der Waals surface area contributed by atoms with Crippen molar-refractivity contribution in [2.45, 2.75) is 0 Å². The number of nitro groups is 1. The van der Waals surface area contributed by atoms with Gasteiger partial charge in [-0.25, -0.2) is 0 Å². The van der Waals surface area contributed by atoms with Crippen LogP contribution in [0.15, 0.2) is 48.5 Å². The molecule has 6 nitrogen and oxygen atoms in total. The van der Waals surface area contributed by atoms with Crippen LogP contribution < -0.4 is 10.1 Å². The SMILES string of the molecule is COc1ccccc1NC(=O)c1ccc([N+](=O)[O-])cc1. The van der Waals surface area contributed by atoms with E-state index in [1.807, 2.05) is 0 Å². The van der Waals surface area contributed by atoms with Crippen molar-refractivity contribution >= 4 is 17.3 Å². The molecule has 0 bridgehead atoms. The van der Waals surface area contributed by atoms with Crippen molar-refractivity contribution < 1.29 is 14.5 Å². The van der Waals surface area contributed by atoms with Crippen LogP contribution in [0, 0.1) is 10.1 Å². The van der Waals surface area contributed by atoms with E-state index in [0.29, 0.717) is 17.0 Å². The number of nitrogens with one attached hydrogen (secondary N) is 1. The van der Waals surface area contributed by atoms with Gasteiger partial charge in [0.2, 0.25) is 0 Å². The summed E-state index contributed by atoms with van der Waals surface area (Å²) < 4.78 is 5.13. The van der Waals surface area contributed by atoms with Gasteiger partial charge in [-0.1, -0.05) is 12.1 Å². The van der Waals surface area contributed by atoms with Crippen LogP contribution >= 0.6 is 0 Å². The number of rotatable bonds is 4. The van der Waals surface area contributed by atoms with E-state index in [4.69, 9.17) is 4.74 Å². The Morgan fingerprint density at radius 2 is 1.80 bits per heavy atom. The molecule has 20 heavy (non-hydrogen) atoms. The molecule has 0 aromatic heterocycles. The van der Waals surface area contributed by atoms with E-state index in [0.717, 1.165) is 0 Å². The highest BCUT2D eigenvalue weighted by atomic mass is 16.6. The number of nitrogens with zero attached hydrogens (tertiary/aromatic N) is 1. The maximum absolute atomic E-state index is 12.0. The Morgan fingerprint density at radius 1 is 1.15 bits per heavy atom. The zero-order chi connectivity index (χ0) is 14.5. The number of non-ortho nitro benzene ring substituents is 1. The number of methoxy groups -OCH3 is 1. The molecule has 0 radical (unpaired) electrons. The molecule has 2 aromatic rings. The van der Waals surface area contributed by atoms with Crippen LogP contribution in [0.1, 0.15) is 10.4 Å². The molecule has 0 aliphatic rings. The van der Waals surface area contributed by atoms with Gasteiger partial charge < -0.3 is 10.1 Å². The molecule has 0 saturated heterocycles. The van der Waals surface area contributed by atoms with Gasteiger partial charge in [0, 0.05) is 17.7 Å². The van der Waals surface area contributed by atoms with Crippen LogP contribution in [0.5, 0.6) is 5.75 Å². The van der Waals surface area contributed by atoms with Gasteiger partial charge in [0.05, 0.1) is 17.7 Å². The maximum atomic E-state index is 12.0. The number of carbonyl (C=O) groups is 1. The predicted molar refractivity (Wildman–Crippen MR) is 74.0 cm³/mol. The fraction of sp³-hybridized carbons (Fsp3) is 0.0714. The van der Waals surface area contributed by atoms with E-state index in [1.165, 1.54) is 31.4 Å². The lowest BCUT2D eigenvalue weighted by molar-refractivity contribution is -0.384. The van der Waals surface area contributed by atoms with Crippen molar-refractivity contribution in [1.29, 1.82) is 0 Å². The van der Waals surface area contributed by atoms with Gasteiger partial charge in [0.25, 0.3) is 11.6 Å². The first kappa shape index (κ1) is 13.5. The summed E-state index contributed by atoms with van der Waals surface area (Å²) in [6.07, 6.45) is 0. The quantitative estimate of drug-likeness (QED) is 0.685. The van der Waals surface area contributed by atoms with Gasteiger partial charge in [0.15, 0.2) is 0 Å². The number of amides is 1. The van der Waals surface area contributed by atoms with Crippen LogP contribution in [0.3, 0.4) is 0 Å². The summed E-state index contributed by atoms with van der Waals surface area (Å²) in [7, 11) is 1.51. The first-order valence-electron chi connectivity index (χ1n) is 5.80. The largest absolute Gasteiger partial charge is 0.495 e. The van der Waals surface area contributed by atoms with Gasteiger partial charge in [0.1, 0.15) is 5.75 Å². The number of hydrogen-bond donors (Lipinski definition) is 1. The summed E-state index contributed by atoms with van der Waals surface area (Å²) in [5.41, 5.74) is 0.818. The predicted octanol–water partition coefficient (Wildman–Crippen LogP) is 2.86. The van der Waals surface area contributed by atoms with Gasteiger partial charge >= 0.3 is 0 Å². The molecule has 0 unspecified atom stereocenters. The first-order valence-corrected chi connectivity index (χ1v) is 5.80. The minimum Gasteiger partial charge on any atom is -0.495 e. The lowest BCUT2D eigenvalue weighted by Gasteiger charge is -2.09. The molecule has 1 amide bonds. The molecule has 6 heteroatoms. The second-order valence-electron chi connectivity index (χ2n) is 3.96. The average Bonchev–Trinajstić information content (AvgIpc) is 2.48. The molecule has 2 aromatic carbocycles. The van der Waals surface area contributed by atoms with E-state index >= 15 is 0 Å². The Morgan fingerprint density at radius 3 is 2.40 bits per heavy atom. The lowest BCUT2D eigenvalue weighted by Crippen LogP contribution is -2.12. The zero-order valence-corrected chi connectivity index (χ0v) is 10.7. The Labute approximate surface area is 115 Å². The van der Waals surface area contributed by atoms with Gasteiger partial charge in [-0.3, -0.25) is 14.9 Å². The third-order valence-electron chi connectivity index (χ3n) is 2.70. The first-order chi connectivity index (χ1) is 9.61. The third-order valence-corrected chi connectivity index (χ3v) is 2.70. The Kier molecular flexibility index (Phi) is 3.95. The number of hydrogen-bond acceptors (Lipinski definition) is 4. The number of anilines is 1. The number of carbonyl (C=O) groups excluding carboxylic acids is 1. The van der Waals surface area contributed by atoms with E-state index in [9.17, 15) is 14.9 Å². The second-order valence-corrected chi connectivity index (χ2v) is 3.96. The smallest absolute Gasteiger partial charge is 0.269 e. The number of benzene rings is 2. The number of para-hydroxylation sites is 2. The van der Waals surface area contributed by atoms with Gasteiger partial charge in [-0.15, -0.1) is 0 Å². The zero-order valence-electron chi connectivity index (χ0n) is 10.7. The van der Waals surface area contributed by atoms with E-state index in [2.05, 4.69) is 5.32 Å². The molecular formula is C14H12N2O4. The summed E-state index contributed by atoms with van der Waals surface area (Å²) in [6.45, 7) is 0. The van der Waals surface area contributed by atoms with E-state index < -0.39 is 4.92 Å². The van der Waals surface area contributed by atoms with Crippen molar-refractivity contribution in [1.82, 2.24) is 0 Å². The summed E-state index contributed by atoms with van der Waals surface area (Å²) >= 11 is 0. The molecule has 0 saturated carbocycles. The van der Waals surface area contributed by atoms with Crippen LogP contribution in [0.4, 0.5) is 11.4 Å². The van der Waals surface area contributed by atoms with Crippen molar-refractivity contribution in [3.8, 4) is 5.75 Å². The molecule has 0 spiro atoms. The fourth-order valence-electron chi connectivity index (χ4n) is 1.68. The maximum Gasteiger partial charge on any atom is 0.269 e. The molecule has 0 aliphatic heterocycles. The van der Waals surface area contributed by atoms with Gasteiger partial charge in [-0.05, 0) is 24.3 Å². The van der Waals surface area contributed by atoms with Crippen molar-refractivity contribution in [2.75, 3.05) is 12.4 Å². The molecule has 0 aliphatic carbocycles. The summed E-state index contributed by atoms with van der Waals surface area (Å²) in [5.74, 6) is 0.187. The Balaban J connectivity index is 2.17. The Hall–Kier alpha value is -2.89. The van der Waals surface area contributed by atoms with Crippen molar-refractivity contribution in [3.05, 3.63) is 64.2 Å². The fourth-order valence-corrected chi connectivity index (χ4v) is 1.68. The highest BCUT2D eigenvalue weighted by Gasteiger charge is 2.11. The van der Waals surface area contributed by atoms with Crippen molar-refractivity contribution in [3.63, 3.8) is 0 Å². The van der Waals surface area contributed by atoms with Crippen LogP contribution in [0.2, 0.25) is 0 Å². The number of ether oxygens (including phenoxy) is 1. The highest BCUT2D eigenvalue weighted by Crippen LogP contribution is 2.23.